The van der Waals surface area contributed by atoms with Crippen molar-refractivity contribution in [1.82, 2.24) is 14.8 Å². The minimum Gasteiger partial charge on any atom is -0.353 e. The van der Waals surface area contributed by atoms with Crippen molar-refractivity contribution in [3.8, 4) is 0 Å². The lowest BCUT2D eigenvalue weighted by molar-refractivity contribution is 0.0822. The van der Waals surface area contributed by atoms with Crippen LogP contribution in [0.2, 0.25) is 0 Å². The summed E-state index contributed by atoms with van der Waals surface area (Å²) >= 11 is 0. The van der Waals surface area contributed by atoms with Crippen LogP contribution in [0.1, 0.15) is 23.1 Å². The second-order valence-electron chi connectivity index (χ2n) is 5.43. The summed E-state index contributed by atoms with van der Waals surface area (Å²) in [5.74, 6) is 0.551. The van der Waals surface area contributed by atoms with E-state index in [1.165, 1.54) is 0 Å². The van der Waals surface area contributed by atoms with Crippen LogP contribution >= 0.6 is 12.4 Å². The predicted molar refractivity (Wildman–Crippen MR) is 78.5 cm³/mol. The molecule has 2 rings (SSSR count). The molecule has 0 saturated carbocycles. The number of H-pyrrole nitrogens is 1. The van der Waals surface area contributed by atoms with Gasteiger partial charge in [0.25, 0.3) is 5.91 Å². The first-order valence-corrected chi connectivity index (χ1v) is 6.35. The normalized spacial score (nSPS) is 23.2. The molecular formula is C13H23ClN4O. The molecule has 1 amide bonds. The second-order valence-corrected chi connectivity index (χ2v) is 5.43. The van der Waals surface area contributed by atoms with Crippen molar-refractivity contribution >= 4 is 18.3 Å². The zero-order valence-corrected chi connectivity index (χ0v) is 12.5. The average molecular weight is 287 g/mol. The van der Waals surface area contributed by atoms with Crippen molar-refractivity contribution in [2.24, 2.45) is 11.7 Å². The molecule has 1 aromatic rings. The monoisotopic (exact) mass is 286 g/mol. The molecule has 1 aliphatic rings. The van der Waals surface area contributed by atoms with Crippen molar-refractivity contribution in [3.05, 3.63) is 23.5 Å². The molecule has 108 valence electrons. The van der Waals surface area contributed by atoms with Gasteiger partial charge in [-0.3, -0.25) is 9.69 Å². The summed E-state index contributed by atoms with van der Waals surface area (Å²) in [5.41, 5.74) is 7.72. The van der Waals surface area contributed by atoms with Crippen molar-refractivity contribution in [2.45, 2.75) is 19.5 Å². The molecule has 1 aliphatic heterocycles. The topological polar surface area (TPSA) is 65.4 Å². The van der Waals surface area contributed by atoms with Crippen LogP contribution in [0.25, 0.3) is 0 Å². The fourth-order valence-electron chi connectivity index (χ4n) is 2.36. The SMILES string of the molecule is CC1CN(Cc2ccc(C(=O)N(C)C)[nH]2)CC1N.Cl. The first kappa shape index (κ1) is 16.0. The lowest BCUT2D eigenvalue weighted by Crippen LogP contribution is -2.28. The summed E-state index contributed by atoms with van der Waals surface area (Å²) in [5, 5.41) is 0. The number of carbonyl (C=O) groups is 1. The van der Waals surface area contributed by atoms with Crippen LogP contribution in [-0.4, -0.2) is 53.9 Å². The molecule has 1 fully saturated rings. The number of nitrogens with one attached hydrogen (secondary N) is 1. The standard InChI is InChI=1S/C13H22N4O.ClH/c1-9-6-17(8-11(9)14)7-10-4-5-12(15-10)13(18)16(2)3;/h4-5,9,11,15H,6-8,14H2,1-3H3;1H. The number of nitrogens with two attached hydrogens (primary N) is 1. The van der Waals surface area contributed by atoms with Crippen LogP contribution in [0.5, 0.6) is 0 Å². The molecule has 2 atom stereocenters. The number of aromatic amines is 1. The number of amides is 1. The highest BCUT2D eigenvalue weighted by atomic mass is 35.5. The first-order valence-electron chi connectivity index (χ1n) is 6.35. The Kier molecular flexibility index (Phi) is 5.40. The number of hydrogen-bond donors (Lipinski definition) is 2. The van der Waals surface area contributed by atoms with Gasteiger partial charge in [0.15, 0.2) is 0 Å². The summed E-state index contributed by atoms with van der Waals surface area (Å²) in [7, 11) is 3.51. The summed E-state index contributed by atoms with van der Waals surface area (Å²) in [6.07, 6.45) is 0. The van der Waals surface area contributed by atoms with E-state index < -0.39 is 0 Å². The Hall–Kier alpha value is -1.04. The van der Waals surface area contributed by atoms with Crippen LogP contribution in [-0.2, 0) is 6.54 Å². The minimum absolute atomic E-state index is 0. The predicted octanol–water partition coefficient (Wildman–Crippen LogP) is 0.917. The molecule has 6 heteroatoms. The van der Waals surface area contributed by atoms with Crippen molar-refractivity contribution in [2.75, 3.05) is 27.2 Å². The fourth-order valence-corrected chi connectivity index (χ4v) is 2.36. The molecule has 0 spiro atoms. The van der Waals surface area contributed by atoms with E-state index in [1.807, 2.05) is 12.1 Å². The van der Waals surface area contributed by atoms with E-state index >= 15 is 0 Å². The largest absolute Gasteiger partial charge is 0.353 e. The van der Waals surface area contributed by atoms with Gasteiger partial charge >= 0.3 is 0 Å². The third-order valence-corrected chi connectivity index (χ3v) is 3.52. The molecular weight excluding hydrogens is 264 g/mol. The Morgan fingerprint density at radius 2 is 2.16 bits per heavy atom. The van der Waals surface area contributed by atoms with Gasteiger partial charge in [0.05, 0.1) is 0 Å². The Bertz CT molecular complexity index is 422. The van der Waals surface area contributed by atoms with Gasteiger partial charge in [-0.05, 0) is 18.1 Å². The Labute approximate surface area is 120 Å². The molecule has 5 nitrogen and oxygen atoms in total. The number of carbonyl (C=O) groups excluding carboxylic acids is 1. The maximum atomic E-state index is 11.8. The summed E-state index contributed by atoms with van der Waals surface area (Å²) < 4.78 is 0. The Morgan fingerprint density at radius 3 is 2.68 bits per heavy atom. The van der Waals surface area contributed by atoms with E-state index in [0.717, 1.165) is 25.3 Å². The van der Waals surface area contributed by atoms with E-state index in [-0.39, 0.29) is 24.4 Å². The molecule has 2 unspecified atom stereocenters. The number of hydrogen-bond acceptors (Lipinski definition) is 3. The molecule has 0 bridgehead atoms. The van der Waals surface area contributed by atoms with E-state index in [0.29, 0.717) is 11.6 Å². The Morgan fingerprint density at radius 1 is 1.47 bits per heavy atom. The van der Waals surface area contributed by atoms with Gasteiger partial charge in [-0.25, -0.2) is 0 Å². The van der Waals surface area contributed by atoms with Crippen LogP contribution < -0.4 is 5.73 Å². The van der Waals surface area contributed by atoms with Gasteiger partial charge in [-0.1, -0.05) is 6.92 Å². The van der Waals surface area contributed by atoms with E-state index in [9.17, 15) is 4.79 Å². The molecule has 1 aromatic heterocycles. The maximum Gasteiger partial charge on any atom is 0.269 e. The third-order valence-electron chi connectivity index (χ3n) is 3.52. The van der Waals surface area contributed by atoms with Gasteiger partial charge in [0.1, 0.15) is 5.69 Å². The zero-order chi connectivity index (χ0) is 13.3. The van der Waals surface area contributed by atoms with Crippen LogP contribution in [0.4, 0.5) is 0 Å². The quantitative estimate of drug-likeness (QED) is 0.868. The summed E-state index contributed by atoms with van der Waals surface area (Å²) in [6, 6.07) is 4.09. The van der Waals surface area contributed by atoms with Crippen LogP contribution in [0.3, 0.4) is 0 Å². The van der Waals surface area contributed by atoms with Crippen molar-refractivity contribution < 1.29 is 4.79 Å². The van der Waals surface area contributed by atoms with Gasteiger partial charge < -0.3 is 15.6 Å². The minimum atomic E-state index is 0. The molecule has 2 heterocycles. The number of nitrogens with zero attached hydrogens (tertiary/aromatic N) is 2. The highest BCUT2D eigenvalue weighted by Gasteiger charge is 2.26. The second kappa shape index (κ2) is 6.41. The molecule has 0 radical (unpaired) electrons. The van der Waals surface area contributed by atoms with Crippen LogP contribution in [0, 0.1) is 5.92 Å². The van der Waals surface area contributed by atoms with Crippen molar-refractivity contribution in [1.29, 1.82) is 0 Å². The summed E-state index contributed by atoms with van der Waals surface area (Å²) in [4.78, 5) is 18.8. The summed E-state index contributed by atoms with van der Waals surface area (Å²) in [6.45, 7) is 4.97. The molecule has 19 heavy (non-hydrogen) atoms. The maximum absolute atomic E-state index is 11.8. The number of likely N-dealkylation sites (tertiary alicyclic amines) is 1. The number of halogens is 1. The van der Waals surface area contributed by atoms with E-state index in [2.05, 4.69) is 16.8 Å². The van der Waals surface area contributed by atoms with E-state index in [4.69, 9.17) is 5.73 Å². The highest BCUT2D eigenvalue weighted by molar-refractivity contribution is 5.92. The smallest absolute Gasteiger partial charge is 0.269 e. The Balaban J connectivity index is 0.00000180. The van der Waals surface area contributed by atoms with Gasteiger partial charge in [-0.2, -0.15) is 0 Å². The molecule has 1 saturated heterocycles. The molecule has 3 N–H and O–H groups in total. The first-order chi connectivity index (χ1) is 8.47. The van der Waals surface area contributed by atoms with Crippen molar-refractivity contribution in [3.63, 3.8) is 0 Å². The lowest BCUT2D eigenvalue weighted by atomic mass is 10.1. The number of rotatable bonds is 3. The average Bonchev–Trinajstić information content (AvgIpc) is 2.86. The molecule has 0 aliphatic carbocycles. The van der Waals surface area contributed by atoms with E-state index in [1.54, 1.807) is 19.0 Å². The fraction of sp³-hybridized carbons (Fsp3) is 0.615. The van der Waals surface area contributed by atoms with Gasteiger partial charge in [-0.15, -0.1) is 12.4 Å². The van der Waals surface area contributed by atoms with Crippen LogP contribution in [0.15, 0.2) is 12.1 Å². The highest BCUT2D eigenvalue weighted by Crippen LogP contribution is 2.17. The third kappa shape index (κ3) is 3.72. The molecule has 0 aromatic carbocycles. The van der Waals surface area contributed by atoms with Gasteiger partial charge in [0.2, 0.25) is 0 Å². The number of aromatic nitrogens is 1. The van der Waals surface area contributed by atoms with Gasteiger partial charge in [0, 0.05) is 45.5 Å². The zero-order valence-electron chi connectivity index (χ0n) is 11.7. The lowest BCUT2D eigenvalue weighted by Gasteiger charge is -2.14.